The van der Waals surface area contributed by atoms with E-state index < -0.39 is 23.6 Å². The molecule has 30 heavy (non-hydrogen) atoms. The zero-order valence-corrected chi connectivity index (χ0v) is 16.1. The summed E-state index contributed by atoms with van der Waals surface area (Å²) in [5.41, 5.74) is 0.510. The number of aryl methyl sites for hydroxylation is 2. The molecule has 9 heteroatoms. The van der Waals surface area contributed by atoms with Crippen molar-refractivity contribution in [1.29, 1.82) is 0 Å². The number of carbonyl (C=O) groups is 2. The molecule has 6 nitrogen and oxygen atoms in total. The second-order valence-electron chi connectivity index (χ2n) is 6.48. The molecule has 0 saturated heterocycles. The van der Waals surface area contributed by atoms with E-state index in [1.54, 1.807) is 19.1 Å². The molecule has 2 aromatic carbocycles. The summed E-state index contributed by atoms with van der Waals surface area (Å²) >= 11 is 0. The van der Waals surface area contributed by atoms with Crippen molar-refractivity contribution in [3.63, 3.8) is 0 Å². The number of anilines is 2. The summed E-state index contributed by atoms with van der Waals surface area (Å²) in [4.78, 5) is 25.0. The number of amides is 2. The fraction of sp³-hybridized carbons (Fsp3) is 0.190. The molecule has 0 radical (unpaired) electrons. The molecule has 0 aliphatic heterocycles. The third kappa shape index (κ3) is 4.68. The molecule has 0 aliphatic rings. The number of alkyl halides is 3. The van der Waals surface area contributed by atoms with E-state index in [4.69, 9.17) is 4.52 Å². The van der Waals surface area contributed by atoms with Crippen LogP contribution in [0.15, 0.2) is 53.1 Å². The van der Waals surface area contributed by atoms with Gasteiger partial charge in [-0.05, 0) is 49.7 Å². The van der Waals surface area contributed by atoms with E-state index >= 15 is 0 Å². The molecule has 3 aromatic rings. The Morgan fingerprint density at radius 3 is 2.30 bits per heavy atom. The minimum Gasteiger partial charge on any atom is -0.361 e. The van der Waals surface area contributed by atoms with E-state index in [0.717, 1.165) is 12.1 Å². The van der Waals surface area contributed by atoms with Crippen LogP contribution >= 0.6 is 0 Å². The Kier molecular flexibility index (Phi) is 5.91. The Morgan fingerprint density at radius 1 is 1.00 bits per heavy atom. The highest BCUT2D eigenvalue weighted by molar-refractivity contribution is 6.08. The zero-order chi connectivity index (χ0) is 21.9. The van der Waals surface area contributed by atoms with Gasteiger partial charge in [0.25, 0.3) is 11.8 Å². The smallest absolute Gasteiger partial charge is 0.361 e. The maximum absolute atomic E-state index is 12.8. The van der Waals surface area contributed by atoms with Crippen LogP contribution in [0.3, 0.4) is 0 Å². The van der Waals surface area contributed by atoms with Gasteiger partial charge in [0.2, 0.25) is 0 Å². The van der Waals surface area contributed by atoms with E-state index in [2.05, 4.69) is 15.8 Å². The Bertz CT molecular complexity index is 1090. The zero-order valence-electron chi connectivity index (χ0n) is 16.1. The highest BCUT2D eigenvalue weighted by Crippen LogP contribution is 2.30. The molecular weight excluding hydrogens is 399 g/mol. The number of aromatic nitrogens is 1. The van der Waals surface area contributed by atoms with E-state index in [0.29, 0.717) is 29.1 Å². The molecule has 2 amide bonds. The van der Waals surface area contributed by atoms with E-state index in [9.17, 15) is 22.8 Å². The molecule has 156 valence electrons. The van der Waals surface area contributed by atoms with E-state index in [1.165, 1.54) is 24.3 Å². The minimum absolute atomic E-state index is 0.0111. The lowest BCUT2D eigenvalue weighted by atomic mass is 10.1. The Hall–Kier alpha value is -3.62. The normalized spacial score (nSPS) is 11.2. The molecule has 0 spiro atoms. The molecule has 0 unspecified atom stereocenters. The van der Waals surface area contributed by atoms with Gasteiger partial charge in [-0.2, -0.15) is 13.2 Å². The van der Waals surface area contributed by atoms with Crippen LogP contribution in [0, 0.1) is 6.92 Å². The number of nitrogens with one attached hydrogen (secondary N) is 2. The maximum atomic E-state index is 12.8. The van der Waals surface area contributed by atoms with E-state index in [-0.39, 0.29) is 11.3 Å². The lowest BCUT2D eigenvalue weighted by Crippen LogP contribution is -2.16. The van der Waals surface area contributed by atoms with Crippen molar-refractivity contribution in [3.05, 3.63) is 76.7 Å². The number of hydrogen-bond donors (Lipinski definition) is 2. The highest BCUT2D eigenvalue weighted by atomic mass is 19.4. The third-order valence-electron chi connectivity index (χ3n) is 4.33. The first kappa shape index (κ1) is 21.1. The standard InChI is InChI=1S/C21H18F3N3O3/c1-3-17-18(12(2)30-27-17)20(29)26-15-8-4-6-13(10-15)19(28)25-16-9-5-7-14(11-16)21(22,23)24/h4-11H,3H2,1-2H3,(H,25,28)(H,26,29). The van der Waals surface area contributed by atoms with Gasteiger partial charge in [0, 0.05) is 16.9 Å². The molecule has 1 aromatic heterocycles. The summed E-state index contributed by atoms with van der Waals surface area (Å²) in [6, 6.07) is 10.4. The van der Waals surface area contributed by atoms with Gasteiger partial charge in [-0.15, -0.1) is 0 Å². The van der Waals surface area contributed by atoms with Crippen molar-refractivity contribution >= 4 is 23.2 Å². The second-order valence-corrected chi connectivity index (χ2v) is 6.48. The summed E-state index contributed by atoms with van der Waals surface area (Å²) in [6.45, 7) is 3.47. The highest BCUT2D eigenvalue weighted by Gasteiger charge is 2.30. The molecule has 0 fully saturated rings. The molecule has 1 heterocycles. The van der Waals surface area contributed by atoms with Crippen LogP contribution in [0.2, 0.25) is 0 Å². The quantitative estimate of drug-likeness (QED) is 0.607. The summed E-state index contributed by atoms with van der Waals surface area (Å²) in [5.74, 6) is -0.662. The summed E-state index contributed by atoms with van der Waals surface area (Å²) in [5, 5.41) is 8.94. The number of rotatable bonds is 5. The molecule has 0 atom stereocenters. The number of benzene rings is 2. The van der Waals surface area contributed by atoms with Crippen LogP contribution in [0.5, 0.6) is 0 Å². The summed E-state index contributed by atoms with van der Waals surface area (Å²) < 4.78 is 43.6. The van der Waals surface area contributed by atoms with Crippen molar-refractivity contribution in [3.8, 4) is 0 Å². The number of carbonyl (C=O) groups excluding carboxylic acids is 2. The van der Waals surface area contributed by atoms with Crippen molar-refractivity contribution in [2.75, 3.05) is 10.6 Å². The van der Waals surface area contributed by atoms with Crippen molar-refractivity contribution in [1.82, 2.24) is 5.16 Å². The predicted octanol–water partition coefficient (Wildman–Crippen LogP) is 5.07. The molecule has 0 bridgehead atoms. The average molecular weight is 417 g/mol. The average Bonchev–Trinajstić information content (AvgIpc) is 3.08. The topological polar surface area (TPSA) is 84.2 Å². The Balaban J connectivity index is 1.76. The fourth-order valence-corrected chi connectivity index (χ4v) is 2.86. The largest absolute Gasteiger partial charge is 0.416 e. The van der Waals surface area contributed by atoms with Crippen LogP contribution in [-0.4, -0.2) is 17.0 Å². The van der Waals surface area contributed by atoms with Crippen LogP contribution in [0.4, 0.5) is 24.5 Å². The van der Waals surface area contributed by atoms with Crippen LogP contribution < -0.4 is 10.6 Å². The minimum atomic E-state index is -4.51. The van der Waals surface area contributed by atoms with Gasteiger partial charge in [-0.3, -0.25) is 9.59 Å². The lowest BCUT2D eigenvalue weighted by Gasteiger charge is -2.11. The lowest BCUT2D eigenvalue weighted by molar-refractivity contribution is -0.137. The Labute approximate surface area is 170 Å². The number of nitrogens with zero attached hydrogens (tertiary/aromatic N) is 1. The van der Waals surface area contributed by atoms with Gasteiger partial charge in [0.1, 0.15) is 11.3 Å². The number of halogens is 3. The number of hydrogen-bond acceptors (Lipinski definition) is 4. The summed E-state index contributed by atoms with van der Waals surface area (Å²) in [7, 11) is 0. The monoisotopic (exact) mass is 417 g/mol. The van der Waals surface area contributed by atoms with Crippen LogP contribution in [0.25, 0.3) is 0 Å². The van der Waals surface area contributed by atoms with E-state index in [1.807, 2.05) is 6.92 Å². The predicted molar refractivity (Wildman–Crippen MR) is 104 cm³/mol. The molecule has 0 saturated carbocycles. The Morgan fingerprint density at radius 2 is 1.63 bits per heavy atom. The van der Waals surface area contributed by atoms with Crippen molar-refractivity contribution < 1.29 is 27.3 Å². The third-order valence-corrected chi connectivity index (χ3v) is 4.33. The first-order chi connectivity index (χ1) is 14.2. The molecule has 2 N–H and O–H groups in total. The van der Waals surface area contributed by atoms with Gasteiger partial charge < -0.3 is 15.2 Å². The van der Waals surface area contributed by atoms with Gasteiger partial charge in [0.05, 0.1) is 11.3 Å². The maximum Gasteiger partial charge on any atom is 0.416 e. The SMILES string of the molecule is CCc1noc(C)c1C(=O)Nc1cccc(C(=O)Nc2cccc(C(F)(F)F)c2)c1. The first-order valence-corrected chi connectivity index (χ1v) is 9.04. The summed E-state index contributed by atoms with van der Waals surface area (Å²) in [6.07, 6.45) is -4.00. The van der Waals surface area contributed by atoms with Gasteiger partial charge in [0.15, 0.2) is 0 Å². The van der Waals surface area contributed by atoms with Gasteiger partial charge >= 0.3 is 6.18 Å². The van der Waals surface area contributed by atoms with Crippen molar-refractivity contribution in [2.24, 2.45) is 0 Å². The molecular formula is C21H18F3N3O3. The fourth-order valence-electron chi connectivity index (χ4n) is 2.86. The van der Waals surface area contributed by atoms with Gasteiger partial charge in [-0.1, -0.05) is 24.2 Å². The van der Waals surface area contributed by atoms with Gasteiger partial charge in [-0.25, -0.2) is 0 Å². The van der Waals surface area contributed by atoms with Crippen LogP contribution in [0.1, 0.15) is 44.7 Å². The van der Waals surface area contributed by atoms with Crippen LogP contribution in [-0.2, 0) is 12.6 Å². The second kappa shape index (κ2) is 8.40. The molecule has 3 rings (SSSR count). The molecule has 0 aliphatic carbocycles. The van der Waals surface area contributed by atoms with Crippen molar-refractivity contribution in [2.45, 2.75) is 26.4 Å². The first-order valence-electron chi connectivity index (χ1n) is 9.04.